The van der Waals surface area contributed by atoms with Crippen molar-refractivity contribution in [2.45, 2.75) is 24.7 Å². The Bertz CT molecular complexity index is 1080. The molecule has 0 unspecified atom stereocenters. The number of sulfonamides is 1. The van der Waals surface area contributed by atoms with Gasteiger partial charge in [0.05, 0.1) is 15.5 Å². The molecular weight excluding hydrogens is 414 g/mol. The molecule has 3 heterocycles. The summed E-state index contributed by atoms with van der Waals surface area (Å²) in [4.78, 5) is 19.0. The quantitative estimate of drug-likeness (QED) is 0.653. The normalized spacial score (nSPS) is 15.0. The van der Waals surface area contributed by atoms with Crippen molar-refractivity contribution in [2.75, 3.05) is 18.4 Å². The van der Waals surface area contributed by atoms with Gasteiger partial charge in [-0.1, -0.05) is 6.07 Å². The molecule has 146 valence electrons. The van der Waals surface area contributed by atoms with Gasteiger partial charge in [0.2, 0.25) is 10.0 Å². The lowest BCUT2D eigenvalue weighted by Crippen LogP contribution is -2.27. The molecular formula is C19H19N3O3S3. The number of hydrogen-bond acceptors (Lipinski definition) is 6. The molecule has 28 heavy (non-hydrogen) atoms. The minimum absolute atomic E-state index is 0.243. The van der Waals surface area contributed by atoms with E-state index in [1.807, 2.05) is 24.4 Å². The van der Waals surface area contributed by atoms with Gasteiger partial charge in [-0.25, -0.2) is 13.4 Å². The lowest BCUT2D eigenvalue weighted by molar-refractivity contribution is 0.103. The largest absolute Gasteiger partial charge is 0.321 e. The van der Waals surface area contributed by atoms with Crippen LogP contribution in [0.2, 0.25) is 0 Å². The third kappa shape index (κ3) is 3.75. The molecule has 2 aromatic heterocycles. The lowest BCUT2D eigenvalue weighted by Gasteiger charge is -2.15. The van der Waals surface area contributed by atoms with E-state index in [1.165, 1.54) is 15.6 Å². The first kappa shape index (κ1) is 19.3. The molecule has 1 saturated heterocycles. The number of nitrogens with zero attached hydrogens (tertiary/aromatic N) is 2. The second-order valence-corrected chi connectivity index (χ2v) is 10.4. The molecule has 1 fully saturated rings. The fourth-order valence-corrected chi connectivity index (χ4v) is 6.36. The summed E-state index contributed by atoms with van der Waals surface area (Å²) in [6.07, 6.45) is 1.80. The Morgan fingerprint density at radius 2 is 1.86 bits per heavy atom. The maximum absolute atomic E-state index is 12.6. The number of hydrogen-bond donors (Lipinski definition) is 1. The number of carbonyl (C=O) groups is 1. The minimum Gasteiger partial charge on any atom is -0.321 e. The van der Waals surface area contributed by atoms with Crippen LogP contribution >= 0.6 is 22.7 Å². The van der Waals surface area contributed by atoms with E-state index in [-0.39, 0.29) is 10.8 Å². The maximum atomic E-state index is 12.6. The van der Waals surface area contributed by atoms with E-state index in [1.54, 1.807) is 35.6 Å². The molecule has 3 aromatic rings. The molecule has 1 aliphatic rings. The Hall–Kier alpha value is -2.07. The van der Waals surface area contributed by atoms with Crippen LogP contribution in [0, 0.1) is 6.92 Å². The number of rotatable bonds is 5. The molecule has 6 nitrogen and oxygen atoms in total. The third-order valence-electron chi connectivity index (χ3n) is 4.55. The van der Waals surface area contributed by atoms with E-state index >= 15 is 0 Å². The van der Waals surface area contributed by atoms with Crippen molar-refractivity contribution in [3.63, 3.8) is 0 Å². The zero-order chi connectivity index (χ0) is 19.7. The van der Waals surface area contributed by atoms with Crippen molar-refractivity contribution in [1.29, 1.82) is 0 Å². The number of amides is 1. The van der Waals surface area contributed by atoms with Crippen molar-refractivity contribution in [3.8, 4) is 9.88 Å². The first-order chi connectivity index (χ1) is 13.4. The summed E-state index contributed by atoms with van der Waals surface area (Å²) in [6.45, 7) is 2.95. The molecule has 1 aliphatic heterocycles. The molecule has 0 spiro atoms. The predicted molar refractivity (Wildman–Crippen MR) is 113 cm³/mol. The van der Waals surface area contributed by atoms with Crippen molar-refractivity contribution >= 4 is 44.3 Å². The van der Waals surface area contributed by atoms with Crippen LogP contribution in [-0.4, -0.2) is 36.7 Å². The summed E-state index contributed by atoms with van der Waals surface area (Å²) in [7, 11) is -3.45. The Labute approximate surface area is 171 Å². The number of carbonyl (C=O) groups excluding carboxylic acids is 1. The highest BCUT2D eigenvalue weighted by atomic mass is 32.2. The van der Waals surface area contributed by atoms with Gasteiger partial charge in [-0.05, 0) is 55.5 Å². The predicted octanol–water partition coefficient (Wildman–Crippen LogP) is 4.22. The van der Waals surface area contributed by atoms with Gasteiger partial charge in [0, 0.05) is 18.8 Å². The summed E-state index contributed by atoms with van der Waals surface area (Å²) < 4.78 is 26.7. The van der Waals surface area contributed by atoms with Crippen molar-refractivity contribution < 1.29 is 13.2 Å². The van der Waals surface area contributed by atoms with Gasteiger partial charge in [-0.15, -0.1) is 22.7 Å². The fraction of sp³-hybridized carbons (Fsp3) is 0.263. The molecule has 1 aromatic carbocycles. The Kier molecular flexibility index (Phi) is 5.33. The van der Waals surface area contributed by atoms with Gasteiger partial charge in [0.25, 0.3) is 5.91 Å². The van der Waals surface area contributed by atoms with Crippen LogP contribution in [0.4, 0.5) is 5.69 Å². The molecule has 0 bridgehead atoms. The van der Waals surface area contributed by atoms with Crippen LogP contribution in [-0.2, 0) is 10.0 Å². The van der Waals surface area contributed by atoms with Gasteiger partial charge in [0.15, 0.2) is 0 Å². The number of anilines is 1. The highest BCUT2D eigenvalue weighted by Crippen LogP contribution is 2.31. The van der Waals surface area contributed by atoms with Crippen LogP contribution in [0.15, 0.2) is 46.7 Å². The average molecular weight is 434 g/mol. The van der Waals surface area contributed by atoms with Crippen molar-refractivity contribution in [2.24, 2.45) is 0 Å². The van der Waals surface area contributed by atoms with E-state index in [2.05, 4.69) is 10.3 Å². The second-order valence-electron chi connectivity index (χ2n) is 6.50. The van der Waals surface area contributed by atoms with Gasteiger partial charge < -0.3 is 5.32 Å². The molecule has 0 aliphatic carbocycles. The summed E-state index contributed by atoms with van der Waals surface area (Å²) in [5.74, 6) is -0.243. The van der Waals surface area contributed by atoms with Crippen LogP contribution in [0.3, 0.4) is 0 Å². The SMILES string of the molecule is Cc1nc(-c2cccs2)sc1C(=O)Nc1ccc(S(=O)(=O)N2CCCC2)cc1. The van der Waals surface area contributed by atoms with Gasteiger partial charge in [-0.2, -0.15) is 4.31 Å². The lowest BCUT2D eigenvalue weighted by atomic mass is 10.3. The Morgan fingerprint density at radius 1 is 1.14 bits per heavy atom. The summed E-state index contributed by atoms with van der Waals surface area (Å²) in [5.41, 5.74) is 1.23. The number of thiazole rings is 1. The number of aromatic nitrogens is 1. The van der Waals surface area contributed by atoms with E-state index in [9.17, 15) is 13.2 Å². The molecule has 0 saturated carbocycles. The smallest absolute Gasteiger partial charge is 0.267 e. The zero-order valence-electron chi connectivity index (χ0n) is 15.2. The van der Waals surface area contributed by atoms with E-state index in [0.717, 1.165) is 22.7 Å². The first-order valence-corrected chi connectivity index (χ1v) is 12.0. The van der Waals surface area contributed by atoms with Crippen LogP contribution in [0.1, 0.15) is 28.2 Å². The minimum atomic E-state index is -3.45. The molecule has 0 radical (unpaired) electrons. The second kappa shape index (κ2) is 7.75. The molecule has 9 heteroatoms. The topological polar surface area (TPSA) is 79.4 Å². The Morgan fingerprint density at radius 3 is 2.50 bits per heavy atom. The monoisotopic (exact) mass is 433 g/mol. The third-order valence-corrected chi connectivity index (χ3v) is 8.66. The van der Waals surface area contributed by atoms with Crippen LogP contribution in [0.25, 0.3) is 9.88 Å². The molecule has 0 atom stereocenters. The summed E-state index contributed by atoms with van der Waals surface area (Å²) >= 11 is 2.94. The number of benzene rings is 1. The van der Waals surface area contributed by atoms with Crippen LogP contribution in [0.5, 0.6) is 0 Å². The zero-order valence-corrected chi connectivity index (χ0v) is 17.7. The Balaban J connectivity index is 1.50. The summed E-state index contributed by atoms with van der Waals surface area (Å²) in [6, 6.07) is 10.3. The number of thiophene rings is 1. The van der Waals surface area contributed by atoms with E-state index in [0.29, 0.717) is 29.3 Å². The highest BCUT2D eigenvalue weighted by Gasteiger charge is 2.27. The number of aryl methyl sites for hydroxylation is 1. The van der Waals surface area contributed by atoms with Crippen LogP contribution < -0.4 is 5.32 Å². The molecule has 1 amide bonds. The standard InChI is InChI=1S/C19H19N3O3S3/c1-13-17(27-19(20-13)16-5-4-12-26-16)18(23)21-14-6-8-15(9-7-14)28(24,25)22-10-2-3-11-22/h4-9,12H,2-3,10-11H2,1H3,(H,21,23). The number of nitrogens with one attached hydrogen (secondary N) is 1. The van der Waals surface area contributed by atoms with E-state index in [4.69, 9.17) is 0 Å². The van der Waals surface area contributed by atoms with E-state index < -0.39 is 10.0 Å². The molecule has 4 rings (SSSR count). The summed E-state index contributed by atoms with van der Waals surface area (Å²) in [5, 5.41) is 5.63. The van der Waals surface area contributed by atoms with Crippen molar-refractivity contribution in [3.05, 3.63) is 52.3 Å². The van der Waals surface area contributed by atoms with Gasteiger partial charge >= 0.3 is 0 Å². The fourth-order valence-electron chi connectivity index (χ4n) is 3.09. The van der Waals surface area contributed by atoms with Gasteiger partial charge in [-0.3, -0.25) is 4.79 Å². The average Bonchev–Trinajstić information content (AvgIpc) is 3.43. The van der Waals surface area contributed by atoms with Gasteiger partial charge in [0.1, 0.15) is 9.88 Å². The highest BCUT2D eigenvalue weighted by molar-refractivity contribution is 7.89. The molecule has 1 N–H and O–H groups in total. The maximum Gasteiger partial charge on any atom is 0.267 e. The van der Waals surface area contributed by atoms with Crippen molar-refractivity contribution in [1.82, 2.24) is 9.29 Å². The first-order valence-electron chi connectivity index (χ1n) is 8.88.